The van der Waals surface area contributed by atoms with Crippen LogP contribution in [0.3, 0.4) is 0 Å². The first-order valence-corrected chi connectivity index (χ1v) is 11.5. The van der Waals surface area contributed by atoms with E-state index in [4.69, 9.17) is 0 Å². The van der Waals surface area contributed by atoms with Crippen LogP contribution in [0.5, 0.6) is 0 Å². The monoisotopic (exact) mass is 444 g/mol. The van der Waals surface area contributed by atoms with Gasteiger partial charge in [0.25, 0.3) is 0 Å². The Morgan fingerprint density at radius 2 is 1.75 bits per heavy atom. The number of fused-ring (bicyclic) bond motifs is 1. The third-order valence-corrected chi connectivity index (χ3v) is 7.15. The number of nitrogens with one attached hydrogen (secondary N) is 1. The summed E-state index contributed by atoms with van der Waals surface area (Å²) in [7, 11) is 0. The Kier molecular flexibility index (Phi) is 6.50. The average Bonchev–Trinajstić information content (AvgIpc) is 2.76. The Bertz CT molecular complexity index is 976. The zero-order valence-corrected chi connectivity index (χ0v) is 18.8. The Morgan fingerprint density at radius 3 is 2.41 bits per heavy atom. The molecule has 1 N–H and O–H groups in total. The molecule has 0 aromatic heterocycles. The molecule has 0 radical (unpaired) electrons. The van der Waals surface area contributed by atoms with Gasteiger partial charge >= 0.3 is 0 Å². The molecule has 0 spiro atoms. The van der Waals surface area contributed by atoms with Crippen LogP contribution in [0.2, 0.25) is 0 Å². The van der Waals surface area contributed by atoms with Gasteiger partial charge in [-0.2, -0.15) is 0 Å². The van der Waals surface area contributed by atoms with Gasteiger partial charge in [0.2, 0.25) is 12.3 Å². The normalized spacial score (nSPS) is 17.9. The van der Waals surface area contributed by atoms with E-state index in [9.17, 15) is 18.0 Å². The van der Waals surface area contributed by atoms with Gasteiger partial charge < -0.3 is 10.2 Å². The third kappa shape index (κ3) is 4.64. The predicted molar refractivity (Wildman–Crippen MR) is 122 cm³/mol. The number of hydrogen-bond acceptors (Lipinski definition) is 2. The molecule has 3 nitrogen and oxygen atoms in total. The molecule has 1 aliphatic carbocycles. The fourth-order valence-corrected chi connectivity index (χ4v) is 5.29. The van der Waals surface area contributed by atoms with E-state index in [1.54, 1.807) is 6.07 Å². The second kappa shape index (κ2) is 9.16. The van der Waals surface area contributed by atoms with Crippen molar-refractivity contribution in [3.05, 3.63) is 58.4 Å². The molecule has 1 aliphatic heterocycles. The number of anilines is 2. The van der Waals surface area contributed by atoms with Crippen LogP contribution < -0.4 is 10.2 Å². The van der Waals surface area contributed by atoms with Gasteiger partial charge in [0.05, 0.1) is 0 Å². The van der Waals surface area contributed by atoms with Crippen LogP contribution in [0.15, 0.2) is 30.3 Å². The van der Waals surface area contributed by atoms with Crippen molar-refractivity contribution in [3.63, 3.8) is 0 Å². The van der Waals surface area contributed by atoms with Gasteiger partial charge in [-0.3, -0.25) is 4.79 Å². The topological polar surface area (TPSA) is 32.3 Å². The molecular weight excluding hydrogens is 413 g/mol. The van der Waals surface area contributed by atoms with Crippen molar-refractivity contribution in [2.75, 3.05) is 16.8 Å². The predicted octanol–water partition coefficient (Wildman–Crippen LogP) is 6.55. The molecule has 0 unspecified atom stereocenters. The van der Waals surface area contributed by atoms with Crippen LogP contribution >= 0.6 is 0 Å². The minimum Gasteiger partial charge on any atom is -0.367 e. The number of carbonyl (C=O) groups is 1. The summed E-state index contributed by atoms with van der Waals surface area (Å²) in [6.07, 6.45) is 1.47. The number of halogens is 3. The van der Waals surface area contributed by atoms with Gasteiger partial charge in [-0.05, 0) is 79.6 Å². The van der Waals surface area contributed by atoms with Gasteiger partial charge in [-0.15, -0.1) is 0 Å². The van der Waals surface area contributed by atoms with Crippen LogP contribution in [0.4, 0.5) is 24.5 Å². The van der Waals surface area contributed by atoms with E-state index in [0.717, 1.165) is 60.2 Å². The first-order valence-electron chi connectivity index (χ1n) is 11.5. The molecule has 2 aliphatic rings. The summed E-state index contributed by atoms with van der Waals surface area (Å²) in [5, 5.41) is 2.93. The molecule has 2 aromatic rings. The van der Waals surface area contributed by atoms with E-state index in [1.165, 1.54) is 6.07 Å². The van der Waals surface area contributed by atoms with E-state index in [-0.39, 0.29) is 18.1 Å². The van der Waals surface area contributed by atoms with Gasteiger partial charge in [0, 0.05) is 36.3 Å². The lowest BCUT2D eigenvalue weighted by Gasteiger charge is -2.36. The first-order chi connectivity index (χ1) is 15.3. The molecule has 32 heavy (non-hydrogen) atoms. The summed E-state index contributed by atoms with van der Waals surface area (Å²) in [6.45, 7) is 5.36. The number of nitrogens with zero attached hydrogens (tertiary/aromatic N) is 1. The van der Waals surface area contributed by atoms with Crippen LogP contribution in [-0.2, 0) is 17.8 Å². The van der Waals surface area contributed by atoms with Crippen molar-refractivity contribution in [3.8, 4) is 0 Å². The molecule has 1 fully saturated rings. The standard InChI is InChI=1S/C26H31F3N2O/c1-17-12-22(31-11-8-19-14-21(27)7-6-20(19)16-31)13-18(2)24(17)30-23(32)15-26(25(28)29)9-4-3-5-10-26/h6-7,12-14,25H,3-5,8-11,15-16H2,1-2H3,(H,30,32). The van der Waals surface area contributed by atoms with Crippen molar-refractivity contribution >= 4 is 17.3 Å². The zero-order chi connectivity index (χ0) is 22.9. The largest absolute Gasteiger partial charge is 0.367 e. The number of hydrogen-bond donors (Lipinski definition) is 1. The smallest absolute Gasteiger partial charge is 0.244 e. The Hall–Kier alpha value is -2.50. The second-order valence-electron chi connectivity index (χ2n) is 9.49. The van der Waals surface area contributed by atoms with Crippen molar-refractivity contribution in [2.24, 2.45) is 5.41 Å². The number of amides is 1. The minimum atomic E-state index is -2.48. The Balaban J connectivity index is 1.48. The van der Waals surface area contributed by atoms with Crippen molar-refractivity contribution in [2.45, 2.75) is 71.8 Å². The highest BCUT2D eigenvalue weighted by Crippen LogP contribution is 2.44. The zero-order valence-electron chi connectivity index (χ0n) is 18.8. The van der Waals surface area contributed by atoms with Crippen LogP contribution in [-0.4, -0.2) is 18.9 Å². The lowest BCUT2D eigenvalue weighted by Crippen LogP contribution is -2.36. The van der Waals surface area contributed by atoms with Gasteiger partial charge in [-0.1, -0.05) is 25.3 Å². The quantitative estimate of drug-likeness (QED) is 0.567. The second-order valence-corrected chi connectivity index (χ2v) is 9.49. The molecule has 0 atom stereocenters. The molecule has 1 saturated carbocycles. The molecular formula is C26H31F3N2O. The van der Waals surface area contributed by atoms with Crippen molar-refractivity contribution in [1.29, 1.82) is 0 Å². The summed E-state index contributed by atoms with van der Waals surface area (Å²) >= 11 is 0. The van der Waals surface area contributed by atoms with Crippen molar-refractivity contribution < 1.29 is 18.0 Å². The molecule has 0 saturated heterocycles. The molecule has 4 rings (SSSR count). The minimum absolute atomic E-state index is 0.134. The van der Waals surface area contributed by atoms with E-state index < -0.39 is 11.8 Å². The lowest BCUT2D eigenvalue weighted by molar-refractivity contribution is -0.123. The lowest BCUT2D eigenvalue weighted by atomic mass is 9.72. The maximum absolute atomic E-state index is 13.8. The number of carbonyl (C=O) groups excluding carboxylic acids is 1. The van der Waals surface area contributed by atoms with Crippen molar-refractivity contribution in [1.82, 2.24) is 0 Å². The molecule has 172 valence electrons. The van der Waals surface area contributed by atoms with Crippen LogP contribution in [0.1, 0.15) is 60.8 Å². The Morgan fingerprint density at radius 1 is 1.06 bits per heavy atom. The third-order valence-electron chi connectivity index (χ3n) is 7.15. The summed E-state index contributed by atoms with van der Waals surface area (Å²) < 4.78 is 41.1. The SMILES string of the molecule is Cc1cc(N2CCc3cc(F)ccc3C2)cc(C)c1NC(=O)CC1(C(F)F)CCCCC1. The maximum atomic E-state index is 13.8. The number of benzene rings is 2. The summed E-state index contributed by atoms with van der Waals surface area (Å²) in [4.78, 5) is 15.0. The van der Waals surface area contributed by atoms with E-state index in [0.29, 0.717) is 25.1 Å². The Labute approximate surface area is 188 Å². The van der Waals surface area contributed by atoms with Gasteiger partial charge in [0.15, 0.2) is 0 Å². The fourth-order valence-electron chi connectivity index (χ4n) is 5.29. The summed E-state index contributed by atoms with van der Waals surface area (Å²) in [5.74, 6) is -0.536. The molecule has 1 heterocycles. The van der Waals surface area contributed by atoms with E-state index in [1.807, 2.05) is 32.0 Å². The average molecular weight is 445 g/mol. The highest BCUT2D eigenvalue weighted by molar-refractivity contribution is 5.93. The van der Waals surface area contributed by atoms with Crippen LogP contribution in [0.25, 0.3) is 0 Å². The molecule has 1 amide bonds. The van der Waals surface area contributed by atoms with Crippen LogP contribution in [0, 0.1) is 25.1 Å². The van der Waals surface area contributed by atoms with E-state index >= 15 is 0 Å². The summed E-state index contributed by atoms with van der Waals surface area (Å²) in [6, 6.07) is 9.01. The molecule has 2 aromatic carbocycles. The van der Waals surface area contributed by atoms with Gasteiger partial charge in [0.1, 0.15) is 5.82 Å². The summed E-state index contributed by atoms with van der Waals surface area (Å²) in [5.41, 5.74) is 4.55. The highest BCUT2D eigenvalue weighted by Gasteiger charge is 2.42. The van der Waals surface area contributed by atoms with E-state index in [2.05, 4.69) is 10.2 Å². The maximum Gasteiger partial charge on any atom is 0.244 e. The molecule has 0 bridgehead atoms. The number of rotatable bonds is 5. The number of aryl methyl sites for hydroxylation is 2. The number of alkyl halides is 2. The van der Waals surface area contributed by atoms with Gasteiger partial charge in [-0.25, -0.2) is 13.2 Å². The fraction of sp³-hybridized carbons (Fsp3) is 0.500. The first kappa shape index (κ1) is 22.7. The highest BCUT2D eigenvalue weighted by atomic mass is 19.3. The molecule has 6 heteroatoms.